The van der Waals surface area contributed by atoms with E-state index in [-0.39, 0.29) is 12.7 Å². The minimum Gasteiger partial charge on any atom is -0.389 e. The molecular formula is C23H39N3O3. The number of ether oxygens (including phenoxy) is 2. The fourth-order valence-corrected chi connectivity index (χ4v) is 3.43. The molecule has 3 N–H and O–H groups in total. The molecule has 1 aromatic carbocycles. The van der Waals surface area contributed by atoms with Crippen LogP contribution in [0.2, 0.25) is 0 Å². The number of benzene rings is 1. The van der Waals surface area contributed by atoms with E-state index in [1.165, 1.54) is 32.1 Å². The topological polar surface area (TPSA) is 75.1 Å². The van der Waals surface area contributed by atoms with Crippen molar-refractivity contribution in [2.24, 2.45) is 4.99 Å². The maximum Gasteiger partial charge on any atom is 0.191 e. The van der Waals surface area contributed by atoms with Crippen LogP contribution in [0.3, 0.4) is 0 Å². The smallest absolute Gasteiger partial charge is 0.191 e. The third kappa shape index (κ3) is 10.1. The SMILES string of the molecule is CCNC(=NCC(O)COC(C)c1ccccc1)NCCCOC1CCCCC1. The highest BCUT2D eigenvalue weighted by atomic mass is 16.5. The van der Waals surface area contributed by atoms with Gasteiger partial charge in [0, 0.05) is 19.7 Å². The molecule has 0 radical (unpaired) electrons. The van der Waals surface area contributed by atoms with Gasteiger partial charge in [0.15, 0.2) is 5.96 Å². The van der Waals surface area contributed by atoms with Crippen LogP contribution in [0.4, 0.5) is 0 Å². The van der Waals surface area contributed by atoms with Crippen molar-refractivity contribution < 1.29 is 14.6 Å². The first-order valence-electron chi connectivity index (χ1n) is 11.2. The van der Waals surface area contributed by atoms with Gasteiger partial charge in [-0.05, 0) is 38.7 Å². The molecule has 1 aliphatic carbocycles. The zero-order valence-corrected chi connectivity index (χ0v) is 18.1. The summed E-state index contributed by atoms with van der Waals surface area (Å²) in [5, 5.41) is 16.7. The fourth-order valence-electron chi connectivity index (χ4n) is 3.43. The summed E-state index contributed by atoms with van der Waals surface area (Å²) in [7, 11) is 0. The molecule has 1 aromatic rings. The van der Waals surface area contributed by atoms with Gasteiger partial charge in [-0.15, -0.1) is 0 Å². The molecule has 1 saturated carbocycles. The van der Waals surface area contributed by atoms with Crippen LogP contribution in [-0.4, -0.2) is 56.1 Å². The van der Waals surface area contributed by atoms with Crippen molar-refractivity contribution in [1.82, 2.24) is 10.6 Å². The molecule has 0 saturated heterocycles. The Balaban J connectivity index is 1.62. The van der Waals surface area contributed by atoms with Crippen LogP contribution in [0.15, 0.2) is 35.3 Å². The third-order valence-electron chi connectivity index (χ3n) is 5.13. The van der Waals surface area contributed by atoms with Crippen LogP contribution in [-0.2, 0) is 9.47 Å². The maximum atomic E-state index is 10.2. The van der Waals surface area contributed by atoms with Gasteiger partial charge in [-0.3, -0.25) is 4.99 Å². The maximum absolute atomic E-state index is 10.2. The van der Waals surface area contributed by atoms with Gasteiger partial charge in [0.05, 0.1) is 31.5 Å². The number of aliphatic imine (C=N–C) groups is 1. The van der Waals surface area contributed by atoms with E-state index >= 15 is 0 Å². The van der Waals surface area contributed by atoms with Gasteiger partial charge in [-0.1, -0.05) is 49.6 Å². The van der Waals surface area contributed by atoms with Crippen molar-refractivity contribution in [2.45, 2.75) is 70.7 Å². The summed E-state index contributed by atoms with van der Waals surface area (Å²) in [6.07, 6.45) is 7.09. The summed E-state index contributed by atoms with van der Waals surface area (Å²) >= 11 is 0. The van der Waals surface area contributed by atoms with Crippen LogP contribution in [0, 0.1) is 0 Å². The van der Waals surface area contributed by atoms with Crippen molar-refractivity contribution in [2.75, 3.05) is 32.8 Å². The van der Waals surface area contributed by atoms with Crippen molar-refractivity contribution in [3.05, 3.63) is 35.9 Å². The average molecular weight is 406 g/mol. The lowest BCUT2D eigenvalue weighted by atomic mass is 9.98. The summed E-state index contributed by atoms with van der Waals surface area (Å²) < 4.78 is 11.7. The van der Waals surface area contributed by atoms with E-state index < -0.39 is 6.10 Å². The average Bonchev–Trinajstić information content (AvgIpc) is 2.76. The number of guanidine groups is 1. The van der Waals surface area contributed by atoms with Crippen LogP contribution < -0.4 is 10.6 Å². The minimum atomic E-state index is -0.633. The molecule has 2 unspecified atom stereocenters. The van der Waals surface area contributed by atoms with E-state index in [0.29, 0.717) is 12.6 Å². The van der Waals surface area contributed by atoms with Gasteiger partial charge in [-0.2, -0.15) is 0 Å². The lowest BCUT2D eigenvalue weighted by Gasteiger charge is -2.22. The number of aliphatic hydroxyl groups is 1. The molecule has 6 heteroatoms. The molecule has 6 nitrogen and oxygen atoms in total. The van der Waals surface area contributed by atoms with Crippen molar-refractivity contribution in [3.8, 4) is 0 Å². The summed E-state index contributed by atoms with van der Waals surface area (Å²) in [6.45, 7) is 6.95. The van der Waals surface area contributed by atoms with Gasteiger partial charge >= 0.3 is 0 Å². The summed E-state index contributed by atoms with van der Waals surface area (Å²) in [5.41, 5.74) is 1.11. The Morgan fingerprint density at radius 1 is 1.17 bits per heavy atom. The van der Waals surface area contributed by atoms with Gasteiger partial charge in [-0.25, -0.2) is 0 Å². The highest BCUT2D eigenvalue weighted by Gasteiger charge is 2.13. The van der Waals surface area contributed by atoms with Gasteiger partial charge in [0.1, 0.15) is 0 Å². The second-order valence-corrected chi connectivity index (χ2v) is 7.67. The molecule has 0 aromatic heterocycles. The van der Waals surface area contributed by atoms with E-state index in [1.54, 1.807) is 0 Å². The van der Waals surface area contributed by atoms with Crippen LogP contribution in [0.1, 0.15) is 64.0 Å². The first-order chi connectivity index (χ1) is 14.2. The molecule has 0 heterocycles. The molecule has 164 valence electrons. The first-order valence-corrected chi connectivity index (χ1v) is 11.2. The molecule has 0 bridgehead atoms. The minimum absolute atomic E-state index is 0.0506. The number of hydrogen-bond donors (Lipinski definition) is 3. The number of aliphatic hydroxyl groups excluding tert-OH is 1. The molecule has 29 heavy (non-hydrogen) atoms. The molecule has 2 atom stereocenters. The summed E-state index contributed by atoms with van der Waals surface area (Å²) in [4.78, 5) is 4.48. The fraction of sp³-hybridized carbons (Fsp3) is 0.696. The number of nitrogens with zero attached hydrogens (tertiary/aromatic N) is 1. The second-order valence-electron chi connectivity index (χ2n) is 7.67. The standard InChI is InChI=1S/C23H39N3O3/c1-3-24-23(25-15-10-16-28-22-13-8-5-9-14-22)26-17-21(27)18-29-19(2)20-11-6-4-7-12-20/h4,6-7,11-12,19,21-22,27H,3,5,8-10,13-18H2,1-2H3,(H2,24,25,26). The zero-order chi connectivity index (χ0) is 20.7. The lowest BCUT2D eigenvalue weighted by Crippen LogP contribution is -2.39. The first kappa shape index (κ1) is 23.6. The lowest BCUT2D eigenvalue weighted by molar-refractivity contribution is 0.00111. The van der Waals surface area contributed by atoms with E-state index in [2.05, 4.69) is 15.6 Å². The highest BCUT2D eigenvalue weighted by Crippen LogP contribution is 2.20. The van der Waals surface area contributed by atoms with E-state index in [0.717, 1.165) is 37.6 Å². The molecule has 1 aliphatic rings. The van der Waals surface area contributed by atoms with E-state index in [4.69, 9.17) is 9.47 Å². The molecule has 0 spiro atoms. The predicted octanol–water partition coefficient (Wildman–Crippen LogP) is 3.42. The Hall–Kier alpha value is -1.63. The Morgan fingerprint density at radius 3 is 2.66 bits per heavy atom. The second kappa shape index (κ2) is 14.4. The van der Waals surface area contributed by atoms with Crippen molar-refractivity contribution in [1.29, 1.82) is 0 Å². The molecule has 1 fully saturated rings. The molecule has 0 aliphatic heterocycles. The zero-order valence-electron chi connectivity index (χ0n) is 18.1. The van der Waals surface area contributed by atoms with Crippen molar-refractivity contribution >= 4 is 5.96 Å². The van der Waals surface area contributed by atoms with Gasteiger partial charge in [0.25, 0.3) is 0 Å². The number of nitrogens with one attached hydrogen (secondary N) is 2. The highest BCUT2D eigenvalue weighted by molar-refractivity contribution is 5.79. The Kier molecular flexibility index (Phi) is 11.7. The summed E-state index contributed by atoms with van der Waals surface area (Å²) in [5.74, 6) is 0.723. The van der Waals surface area contributed by atoms with Gasteiger partial charge in [0.2, 0.25) is 0 Å². The van der Waals surface area contributed by atoms with Crippen LogP contribution >= 0.6 is 0 Å². The number of rotatable bonds is 12. The Morgan fingerprint density at radius 2 is 1.93 bits per heavy atom. The molecule has 2 rings (SSSR count). The van der Waals surface area contributed by atoms with Crippen molar-refractivity contribution in [3.63, 3.8) is 0 Å². The van der Waals surface area contributed by atoms with Crippen LogP contribution in [0.5, 0.6) is 0 Å². The summed E-state index contributed by atoms with van der Waals surface area (Å²) in [6, 6.07) is 10.0. The molecular weight excluding hydrogens is 366 g/mol. The Bertz CT molecular complexity index is 562. The number of hydrogen-bond acceptors (Lipinski definition) is 4. The largest absolute Gasteiger partial charge is 0.389 e. The quantitative estimate of drug-likeness (QED) is 0.282. The monoisotopic (exact) mass is 405 g/mol. The predicted molar refractivity (Wildman–Crippen MR) is 118 cm³/mol. The van der Waals surface area contributed by atoms with Gasteiger partial charge < -0.3 is 25.2 Å². The Labute approximate surface area is 176 Å². The normalized spacial score (nSPS) is 17.7. The van der Waals surface area contributed by atoms with E-state index in [9.17, 15) is 5.11 Å². The third-order valence-corrected chi connectivity index (χ3v) is 5.13. The van der Waals surface area contributed by atoms with Crippen LogP contribution in [0.25, 0.3) is 0 Å². The van der Waals surface area contributed by atoms with E-state index in [1.807, 2.05) is 44.2 Å². The molecule has 0 amide bonds.